The Bertz CT molecular complexity index is 1650. The van der Waals surface area contributed by atoms with Crippen LogP contribution in [0.4, 0.5) is 10.2 Å². The van der Waals surface area contributed by atoms with Crippen molar-refractivity contribution in [2.24, 2.45) is 17.8 Å². The highest BCUT2D eigenvalue weighted by Crippen LogP contribution is 2.49. The summed E-state index contributed by atoms with van der Waals surface area (Å²) < 4.78 is 55.0. The first-order chi connectivity index (χ1) is 17.8. The van der Waals surface area contributed by atoms with Crippen molar-refractivity contribution in [3.8, 4) is 11.4 Å². The number of hydrogen-bond donors (Lipinski definition) is 1. The summed E-state index contributed by atoms with van der Waals surface area (Å²) >= 11 is 0. The molecule has 0 saturated heterocycles. The molecule has 2 fully saturated rings. The van der Waals surface area contributed by atoms with Crippen LogP contribution in [0.1, 0.15) is 31.2 Å². The number of fused-ring (bicyclic) bond motifs is 3. The second-order valence-electron chi connectivity index (χ2n) is 9.97. The molecule has 2 aromatic carbocycles. The van der Waals surface area contributed by atoms with Crippen LogP contribution >= 0.6 is 0 Å². The zero-order valence-electron chi connectivity index (χ0n) is 20.2. The number of aromatic nitrogens is 2. The van der Waals surface area contributed by atoms with Gasteiger partial charge < -0.3 is 9.26 Å². The number of nitrogens with one attached hydrogen (secondary N) is 1. The zero-order chi connectivity index (χ0) is 25.7. The average Bonchev–Trinajstić information content (AvgIpc) is 3.64. The highest BCUT2D eigenvalue weighted by atomic mass is 32.2. The molecule has 0 spiro atoms. The summed E-state index contributed by atoms with van der Waals surface area (Å²) in [5.41, 5.74) is 0.899. The number of hydrogen-bond acceptors (Lipinski definition) is 6. The van der Waals surface area contributed by atoms with Crippen molar-refractivity contribution in [3.63, 3.8) is 0 Å². The third-order valence-corrected chi connectivity index (χ3v) is 9.16. The zero-order valence-corrected chi connectivity index (χ0v) is 21.0. The van der Waals surface area contributed by atoms with Gasteiger partial charge in [0.25, 0.3) is 15.6 Å². The van der Waals surface area contributed by atoms with E-state index in [1.165, 1.54) is 79.7 Å². The van der Waals surface area contributed by atoms with E-state index in [0.29, 0.717) is 40.5 Å². The second-order valence-corrected chi connectivity index (χ2v) is 11.7. The Balaban J connectivity index is 1.39. The molecule has 0 aliphatic heterocycles. The highest BCUT2D eigenvalue weighted by Gasteiger charge is 2.39. The minimum absolute atomic E-state index is 0.0208. The number of ether oxygens (including phenoxy) is 1. The molecule has 0 unspecified atom stereocenters. The minimum Gasteiger partial charge on any atom is -0.495 e. The molecule has 2 saturated carbocycles. The average molecular weight is 524 g/mol. The lowest BCUT2D eigenvalue weighted by atomic mass is 9.84. The molecular weight excluding hydrogens is 497 g/mol. The van der Waals surface area contributed by atoms with Crippen LogP contribution in [-0.2, 0) is 16.4 Å². The first-order valence-electron chi connectivity index (χ1n) is 12.3. The van der Waals surface area contributed by atoms with E-state index >= 15 is 4.39 Å². The lowest BCUT2D eigenvalue weighted by molar-refractivity contribution is 0.327. The van der Waals surface area contributed by atoms with E-state index in [4.69, 9.17) is 4.74 Å². The Kier molecular flexibility index (Phi) is 5.78. The molecule has 10 heteroatoms. The predicted molar refractivity (Wildman–Crippen MR) is 136 cm³/mol. The Morgan fingerprint density at radius 1 is 1.14 bits per heavy atom. The van der Waals surface area contributed by atoms with Gasteiger partial charge in [-0.3, -0.25) is 14.1 Å². The molecule has 37 heavy (non-hydrogen) atoms. The number of halogens is 1. The van der Waals surface area contributed by atoms with Crippen LogP contribution in [0.15, 0.2) is 69.0 Å². The van der Waals surface area contributed by atoms with Gasteiger partial charge in [-0.15, -0.1) is 0 Å². The molecular formula is C27H26FN3O5S. The van der Waals surface area contributed by atoms with Crippen LogP contribution in [0.2, 0.25) is 0 Å². The van der Waals surface area contributed by atoms with Gasteiger partial charge in [0.15, 0.2) is 5.82 Å². The number of anilines is 1. The first kappa shape index (κ1) is 23.7. The van der Waals surface area contributed by atoms with Crippen LogP contribution in [0, 0.1) is 23.6 Å². The predicted octanol–water partition coefficient (Wildman–Crippen LogP) is 4.91. The van der Waals surface area contributed by atoms with Crippen molar-refractivity contribution >= 4 is 26.7 Å². The van der Waals surface area contributed by atoms with Crippen LogP contribution in [-0.4, -0.2) is 25.3 Å². The molecule has 2 aromatic heterocycles. The highest BCUT2D eigenvalue weighted by molar-refractivity contribution is 7.92. The summed E-state index contributed by atoms with van der Waals surface area (Å²) in [5, 5.41) is 4.05. The maximum Gasteiger partial charge on any atom is 0.263 e. The third-order valence-electron chi connectivity index (χ3n) is 7.81. The minimum atomic E-state index is -3.95. The summed E-state index contributed by atoms with van der Waals surface area (Å²) in [5.74, 6) is 1.98. The van der Waals surface area contributed by atoms with Crippen molar-refractivity contribution < 1.29 is 22.1 Å². The fraction of sp³-hybridized carbons (Fsp3) is 0.333. The number of nitrogens with zero attached hydrogens (tertiary/aromatic N) is 2. The summed E-state index contributed by atoms with van der Waals surface area (Å²) in [6.07, 6.45) is 6.82. The maximum absolute atomic E-state index is 15.4. The summed E-state index contributed by atoms with van der Waals surface area (Å²) in [4.78, 5) is 13.0. The van der Waals surface area contributed by atoms with Gasteiger partial charge in [-0.25, -0.2) is 12.8 Å². The van der Waals surface area contributed by atoms with Gasteiger partial charge in [-0.1, -0.05) is 11.6 Å². The molecule has 0 amide bonds. The number of pyridine rings is 1. The molecule has 192 valence electrons. The van der Waals surface area contributed by atoms with E-state index in [0.717, 1.165) is 12.3 Å². The van der Waals surface area contributed by atoms with Gasteiger partial charge in [0.05, 0.1) is 23.2 Å². The third kappa shape index (κ3) is 4.29. The summed E-state index contributed by atoms with van der Waals surface area (Å²) in [7, 11) is -2.45. The van der Waals surface area contributed by atoms with Gasteiger partial charge in [0.2, 0.25) is 0 Å². The van der Waals surface area contributed by atoms with Gasteiger partial charge in [0.1, 0.15) is 17.8 Å². The molecule has 4 aromatic rings. The second kappa shape index (κ2) is 9.02. The van der Waals surface area contributed by atoms with Crippen LogP contribution in [0.5, 0.6) is 5.75 Å². The Labute approximate surface area is 213 Å². The molecule has 2 heterocycles. The molecule has 2 aliphatic carbocycles. The monoisotopic (exact) mass is 523 g/mol. The van der Waals surface area contributed by atoms with E-state index in [9.17, 15) is 13.2 Å². The van der Waals surface area contributed by atoms with E-state index in [1.54, 1.807) is 6.07 Å². The normalized spacial score (nSPS) is 21.0. The Morgan fingerprint density at radius 2 is 2.00 bits per heavy atom. The van der Waals surface area contributed by atoms with Crippen molar-refractivity contribution in [1.82, 2.24) is 9.72 Å². The summed E-state index contributed by atoms with van der Waals surface area (Å²) in [6.45, 7) is 0. The number of sulfonamides is 1. The molecule has 2 aliphatic rings. The van der Waals surface area contributed by atoms with Gasteiger partial charge in [-0.2, -0.15) is 0 Å². The quantitative estimate of drug-likeness (QED) is 0.369. The molecule has 1 N–H and O–H groups in total. The molecule has 8 nitrogen and oxygen atoms in total. The van der Waals surface area contributed by atoms with Crippen molar-refractivity contribution in [2.75, 3.05) is 11.8 Å². The van der Waals surface area contributed by atoms with E-state index in [-0.39, 0.29) is 27.8 Å². The largest absolute Gasteiger partial charge is 0.495 e. The first-order valence-corrected chi connectivity index (χ1v) is 13.8. The van der Waals surface area contributed by atoms with Crippen LogP contribution < -0.4 is 15.0 Å². The number of benzene rings is 2. The molecule has 6 rings (SSSR count). The van der Waals surface area contributed by atoms with E-state index in [1.807, 2.05) is 0 Å². The fourth-order valence-corrected chi connectivity index (χ4v) is 7.12. The van der Waals surface area contributed by atoms with Crippen LogP contribution in [0.25, 0.3) is 16.6 Å². The van der Waals surface area contributed by atoms with Crippen molar-refractivity contribution in [1.29, 1.82) is 0 Å². The van der Waals surface area contributed by atoms with E-state index < -0.39 is 10.0 Å². The van der Waals surface area contributed by atoms with Gasteiger partial charge in [0, 0.05) is 23.6 Å². The maximum atomic E-state index is 15.4. The van der Waals surface area contributed by atoms with Gasteiger partial charge in [-0.05, 0) is 79.3 Å². The molecule has 3 atom stereocenters. The molecule has 2 bridgehead atoms. The Hall–Kier alpha value is -3.66. The van der Waals surface area contributed by atoms with Gasteiger partial charge >= 0.3 is 0 Å². The van der Waals surface area contributed by atoms with Crippen molar-refractivity contribution in [3.05, 3.63) is 76.5 Å². The van der Waals surface area contributed by atoms with Crippen LogP contribution in [0.3, 0.4) is 0 Å². The molecule has 0 radical (unpaired) electrons. The smallest absolute Gasteiger partial charge is 0.263 e. The topological polar surface area (TPSA) is 103 Å². The lowest BCUT2D eigenvalue weighted by Gasteiger charge is -2.23. The standard InChI is InChI=1S/C27H26FN3O5S/c1-35-25-14-20(12-19-11-16-2-3-17(19)10-16)22(28)15-24(25)31-23-6-5-21(13-18(23)4-7-27(31)32)37(33,34)30-26-8-9-36-29-26/h4-9,13-17,19H,2-3,10-12H2,1H3,(H,29,30)/t16-,17+,19-/m1/s1. The number of methoxy groups -OCH3 is 1. The summed E-state index contributed by atoms with van der Waals surface area (Å²) in [6, 6.07) is 11.6. The fourth-order valence-electron chi connectivity index (χ4n) is 6.09. The number of rotatable bonds is 7. The SMILES string of the molecule is COc1cc(C[C@H]2C[C@@H]3CC[C@H]2C3)c(F)cc1-n1c(=O)ccc2cc(S(=O)(=O)Nc3ccon3)ccc21. The lowest BCUT2D eigenvalue weighted by Crippen LogP contribution is -2.19. The van der Waals surface area contributed by atoms with E-state index in [2.05, 4.69) is 14.4 Å². The Morgan fingerprint density at radius 3 is 2.70 bits per heavy atom. The van der Waals surface area contributed by atoms with Crippen molar-refractivity contribution in [2.45, 2.75) is 37.0 Å².